The third kappa shape index (κ3) is 4.09. The van der Waals surface area contributed by atoms with Gasteiger partial charge in [-0.15, -0.1) is 0 Å². The number of carbonyl (C=O) groups excluding carboxylic acids is 1. The second kappa shape index (κ2) is 6.78. The topological polar surface area (TPSA) is 70.8 Å². The van der Waals surface area contributed by atoms with Gasteiger partial charge < -0.3 is 25.6 Å². The Balaban J connectivity index is 1.92. The van der Waals surface area contributed by atoms with E-state index in [1.54, 1.807) is 12.1 Å². The molecular formula is C15H24N4O2. The molecule has 1 aliphatic rings. The standard InChI is InChI=1S/C15H24N4O2/c1-18(2)14-5-4-11(8-13(14)16)15(20)17-9-12-10-19(3)6-7-21-12/h4-5,8,12H,6-7,9-10,16H2,1-3H3,(H,17,20). The Morgan fingerprint density at radius 2 is 2.29 bits per heavy atom. The zero-order valence-electron chi connectivity index (χ0n) is 12.9. The number of nitrogens with two attached hydrogens (primary N) is 1. The van der Waals surface area contributed by atoms with Gasteiger partial charge in [-0.1, -0.05) is 0 Å². The number of benzene rings is 1. The second-order valence-electron chi connectivity index (χ2n) is 5.63. The summed E-state index contributed by atoms with van der Waals surface area (Å²) in [6.45, 7) is 3.00. The molecule has 0 radical (unpaired) electrons. The van der Waals surface area contributed by atoms with E-state index in [0.29, 0.717) is 24.4 Å². The lowest BCUT2D eigenvalue weighted by Gasteiger charge is -2.30. The van der Waals surface area contributed by atoms with Gasteiger partial charge in [-0.25, -0.2) is 0 Å². The first-order chi connectivity index (χ1) is 9.97. The maximum Gasteiger partial charge on any atom is 0.251 e. The van der Waals surface area contributed by atoms with Gasteiger partial charge in [-0.2, -0.15) is 0 Å². The smallest absolute Gasteiger partial charge is 0.251 e. The molecular weight excluding hydrogens is 268 g/mol. The monoisotopic (exact) mass is 292 g/mol. The van der Waals surface area contributed by atoms with Crippen LogP contribution in [0.5, 0.6) is 0 Å². The van der Waals surface area contributed by atoms with Crippen LogP contribution in [0.15, 0.2) is 18.2 Å². The number of nitrogens with zero attached hydrogens (tertiary/aromatic N) is 2. The molecule has 1 atom stereocenters. The first kappa shape index (κ1) is 15.6. The molecule has 21 heavy (non-hydrogen) atoms. The Bertz CT molecular complexity index is 504. The minimum Gasteiger partial charge on any atom is -0.397 e. The van der Waals surface area contributed by atoms with E-state index in [2.05, 4.69) is 17.3 Å². The molecule has 0 spiro atoms. The van der Waals surface area contributed by atoms with Crippen LogP contribution in [0.4, 0.5) is 11.4 Å². The predicted octanol–water partition coefficient (Wildman–Crippen LogP) is 0.395. The first-order valence-electron chi connectivity index (χ1n) is 7.12. The van der Waals surface area contributed by atoms with Crippen molar-refractivity contribution in [2.45, 2.75) is 6.10 Å². The van der Waals surface area contributed by atoms with E-state index in [-0.39, 0.29) is 12.0 Å². The van der Waals surface area contributed by atoms with Crippen molar-refractivity contribution in [1.29, 1.82) is 0 Å². The summed E-state index contributed by atoms with van der Waals surface area (Å²) >= 11 is 0. The SMILES string of the molecule is CN1CCOC(CNC(=O)c2ccc(N(C)C)c(N)c2)C1. The number of morpholine rings is 1. The second-order valence-corrected chi connectivity index (χ2v) is 5.63. The first-order valence-corrected chi connectivity index (χ1v) is 7.12. The van der Waals surface area contributed by atoms with Gasteiger partial charge in [-0.3, -0.25) is 4.79 Å². The minimum absolute atomic E-state index is 0.0473. The molecule has 1 amide bonds. The molecule has 1 unspecified atom stereocenters. The molecule has 1 fully saturated rings. The van der Waals surface area contributed by atoms with Gasteiger partial charge in [0.1, 0.15) is 0 Å². The summed E-state index contributed by atoms with van der Waals surface area (Å²) in [7, 11) is 5.89. The molecule has 6 nitrogen and oxygen atoms in total. The van der Waals surface area contributed by atoms with E-state index in [1.165, 1.54) is 0 Å². The molecule has 1 aromatic rings. The highest BCUT2D eigenvalue weighted by Crippen LogP contribution is 2.22. The van der Waals surface area contributed by atoms with Crippen molar-refractivity contribution in [3.63, 3.8) is 0 Å². The van der Waals surface area contributed by atoms with Crippen molar-refractivity contribution in [2.75, 3.05) is 58.0 Å². The number of nitrogens with one attached hydrogen (secondary N) is 1. The van der Waals surface area contributed by atoms with Crippen LogP contribution in [-0.4, -0.2) is 64.3 Å². The number of rotatable bonds is 4. The van der Waals surface area contributed by atoms with Crippen LogP contribution in [0.25, 0.3) is 0 Å². The minimum atomic E-state index is -0.121. The Hall–Kier alpha value is -1.79. The zero-order valence-corrected chi connectivity index (χ0v) is 12.9. The van der Waals surface area contributed by atoms with Crippen molar-refractivity contribution in [3.8, 4) is 0 Å². The molecule has 1 aliphatic heterocycles. The highest BCUT2D eigenvalue weighted by Gasteiger charge is 2.18. The van der Waals surface area contributed by atoms with Gasteiger partial charge in [0.15, 0.2) is 0 Å². The molecule has 0 aromatic heterocycles. The maximum atomic E-state index is 12.2. The maximum absolute atomic E-state index is 12.2. The number of likely N-dealkylation sites (N-methyl/N-ethyl adjacent to an activating group) is 1. The van der Waals surface area contributed by atoms with Gasteiger partial charge in [0.05, 0.1) is 24.1 Å². The van der Waals surface area contributed by atoms with Crippen LogP contribution in [0.2, 0.25) is 0 Å². The zero-order chi connectivity index (χ0) is 15.4. The molecule has 1 heterocycles. The summed E-state index contributed by atoms with van der Waals surface area (Å²) in [6, 6.07) is 5.35. The number of hydrogen-bond acceptors (Lipinski definition) is 5. The van der Waals surface area contributed by atoms with Gasteiger partial charge >= 0.3 is 0 Å². The number of ether oxygens (including phenoxy) is 1. The molecule has 0 saturated carbocycles. The fourth-order valence-corrected chi connectivity index (χ4v) is 2.40. The van der Waals surface area contributed by atoms with E-state index in [9.17, 15) is 4.79 Å². The fraction of sp³-hybridized carbons (Fsp3) is 0.533. The van der Waals surface area contributed by atoms with Crippen molar-refractivity contribution in [1.82, 2.24) is 10.2 Å². The van der Waals surface area contributed by atoms with Gasteiger partial charge in [0.25, 0.3) is 5.91 Å². The van der Waals surface area contributed by atoms with E-state index < -0.39 is 0 Å². The van der Waals surface area contributed by atoms with E-state index >= 15 is 0 Å². The molecule has 6 heteroatoms. The summed E-state index contributed by atoms with van der Waals surface area (Å²) in [4.78, 5) is 16.3. The lowest BCUT2D eigenvalue weighted by atomic mass is 10.1. The molecule has 1 saturated heterocycles. The molecule has 0 aliphatic carbocycles. The third-order valence-electron chi connectivity index (χ3n) is 3.60. The predicted molar refractivity (Wildman–Crippen MR) is 84.8 cm³/mol. The number of hydrogen-bond donors (Lipinski definition) is 2. The number of carbonyl (C=O) groups is 1. The van der Waals surface area contributed by atoms with Gasteiger partial charge in [0, 0.05) is 39.3 Å². The van der Waals surface area contributed by atoms with Crippen LogP contribution >= 0.6 is 0 Å². The average molecular weight is 292 g/mol. The lowest BCUT2D eigenvalue weighted by Crippen LogP contribution is -2.45. The van der Waals surface area contributed by atoms with Crippen LogP contribution in [-0.2, 0) is 4.74 Å². The largest absolute Gasteiger partial charge is 0.397 e. The van der Waals surface area contributed by atoms with Crippen LogP contribution in [0.1, 0.15) is 10.4 Å². The summed E-state index contributed by atoms with van der Waals surface area (Å²) in [5, 5.41) is 2.91. The highest BCUT2D eigenvalue weighted by atomic mass is 16.5. The van der Waals surface area contributed by atoms with Crippen molar-refractivity contribution in [2.24, 2.45) is 0 Å². The molecule has 116 valence electrons. The number of anilines is 2. The van der Waals surface area contributed by atoms with E-state index in [1.807, 2.05) is 25.1 Å². The van der Waals surface area contributed by atoms with Crippen LogP contribution in [0.3, 0.4) is 0 Å². The van der Waals surface area contributed by atoms with Gasteiger partial charge in [0.2, 0.25) is 0 Å². The van der Waals surface area contributed by atoms with Crippen LogP contribution < -0.4 is 16.0 Å². The Morgan fingerprint density at radius 1 is 1.52 bits per heavy atom. The molecule has 1 aromatic carbocycles. The van der Waals surface area contributed by atoms with Crippen LogP contribution in [0, 0.1) is 0 Å². The lowest BCUT2D eigenvalue weighted by molar-refractivity contribution is -0.0175. The number of nitrogen functional groups attached to an aromatic ring is 1. The summed E-state index contributed by atoms with van der Waals surface area (Å²) < 4.78 is 5.62. The van der Waals surface area contributed by atoms with Crippen molar-refractivity contribution >= 4 is 17.3 Å². The van der Waals surface area contributed by atoms with E-state index in [4.69, 9.17) is 10.5 Å². The summed E-state index contributed by atoms with van der Waals surface area (Å²) in [5.74, 6) is -0.121. The highest BCUT2D eigenvalue weighted by molar-refractivity contribution is 5.96. The molecule has 2 rings (SSSR count). The summed E-state index contributed by atoms with van der Waals surface area (Å²) in [5.41, 5.74) is 8.04. The van der Waals surface area contributed by atoms with Gasteiger partial charge in [-0.05, 0) is 25.2 Å². The summed E-state index contributed by atoms with van der Waals surface area (Å²) in [6.07, 6.45) is 0.0473. The number of amides is 1. The average Bonchev–Trinajstić information content (AvgIpc) is 2.44. The van der Waals surface area contributed by atoms with E-state index in [0.717, 1.165) is 18.8 Å². The fourth-order valence-electron chi connectivity index (χ4n) is 2.40. The Kier molecular flexibility index (Phi) is 5.03. The molecule has 3 N–H and O–H groups in total. The Labute approximate surface area is 125 Å². The normalized spacial score (nSPS) is 19.3. The van der Waals surface area contributed by atoms with Crippen molar-refractivity contribution in [3.05, 3.63) is 23.8 Å². The third-order valence-corrected chi connectivity index (χ3v) is 3.60. The quantitative estimate of drug-likeness (QED) is 0.786. The van der Waals surface area contributed by atoms with Crippen molar-refractivity contribution < 1.29 is 9.53 Å². The Morgan fingerprint density at radius 3 is 2.90 bits per heavy atom. The molecule has 0 bridgehead atoms.